The maximum atomic E-state index is 14.7. The third-order valence-corrected chi connectivity index (χ3v) is 12.2. The number of rotatable bonds is 8. The third kappa shape index (κ3) is 13.6. The van der Waals surface area contributed by atoms with Crippen molar-refractivity contribution in [2.24, 2.45) is 11.8 Å². The Bertz CT molecular complexity index is 2130. The largest absolute Gasteiger partial charge is 0.504 e. The Hall–Kier alpha value is -3.90. The molecule has 0 spiro atoms. The van der Waals surface area contributed by atoms with Crippen molar-refractivity contribution in [1.29, 1.82) is 0 Å². The van der Waals surface area contributed by atoms with E-state index in [2.05, 4.69) is 29.8 Å². The molecule has 0 amide bonds. The Morgan fingerprint density at radius 3 is 1.33 bits per heavy atom. The summed E-state index contributed by atoms with van der Waals surface area (Å²) in [5.41, 5.74) is -3.95. The van der Waals surface area contributed by atoms with Crippen molar-refractivity contribution in [3.05, 3.63) is 110 Å². The predicted octanol–water partition coefficient (Wildman–Crippen LogP) is 14.9. The van der Waals surface area contributed by atoms with Crippen molar-refractivity contribution < 1.29 is 72.9 Å². The second-order valence-electron chi connectivity index (χ2n) is 15.7. The third-order valence-electron chi connectivity index (χ3n) is 11.6. The molecule has 0 aromatic heterocycles. The molecule has 18 heteroatoms. The van der Waals surface area contributed by atoms with Crippen LogP contribution in [0, 0.1) is 46.7 Å². The first-order valence-electron chi connectivity index (χ1n) is 20.2. The van der Waals surface area contributed by atoms with Crippen molar-refractivity contribution in [3.63, 3.8) is 0 Å². The highest BCUT2D eigenvalue weighted by Gasteiger charge is 2.37. The van der Waals surface area contributed by atoms with Gasteiger partial charge in [-0.15, -0.1) is 0 Å². The van der Waals surface area contributed by atoms with Gasteiger partial charge in [-0.05, 0) is 126 Å². The fourth-order valence-corrected chi connectivity index (χ4v) is 8.59. The van der Waals surface area contributed by atoms with Crippen LogP contribution in [-0.4, -0.2) is 27.4 Å². The number of alkyl halides is 6. The van der Waals surface area contributed by atoms with Crippen LogP contribution in [0.5, 0.6) is 11.5 Å². The molecule has 0 bridgehead atoms. The van der Waals surface area contributed by atoms with Crippen LogP contribution >= 0.6 is 15.9 Å². The summed E-state index contributed by atoms with van der Waals surface area (Å²) in [6.45, 7) is 4.28. The van der Waals surface area contributed by atoms with Gasteiger partial charge in [-0.1, -0.05) is 78.6 Å². The molecule has 4 aromatic rings. The Kier molecular flexibility index (Phi) is 21.1. The molecule has 4 N–H and O–H groups in total. The van der Waals surface area contributed by atoms with Crippen LogP contribution in [0.15, 0.2) is 53.0 Å². The van der Waals surface area contributed by atoms with Crippen LogP contribution in [0.2, 0.25) is 0 Å². The zero-order valence-corrected chi connectivity index (χ0v) is 35.3. The van der Waals surface area contributed by atoms with Crippen LogP contribution in [0.1, 0.15) is 140 Å². The molecule has 356 valence electrons. The molecule has 0 heterocycles. The average molecular weight is 990 g/mol. The molecule has 4 nitrogen and oxygen atoms in total. The quantitative estimate of drug-likeness (QED) is 0.105. The Morgan fingerprint density at radius 2 is 0.906 bits per heavy atom. The summed E-state index contributed by atoms with van der Waals surface area (Å²) in [6.07, 6.45) is 1.99. The molecule has 4 aromatic carbocycles. The molecule has 0 atom stereocenters. The van der Waals surface area contributed by atoms with Crippen LogP contribution in [0.4, 0.5) is 52.7 Å². The van der Waals surface area contributed by atoms with Gasteiger partial charge in [0.2, 0.25) is 0 Å². The molecule has 0 unspecified atom stereocenters. The lowest BCUT2D eigenvalue weighted by molar-refractivity contribution is -0.141. The summed E-state index contributed by atoms with van der Waals surface area (Å²) < 4.78 is 158. The fourth-order valence-electron chi connectivity index (χ4n) is 8.28. The van der Waals surface area contributed by atoms with Crippen LogP contribution in [-0.2, 0) is 12.4 Å². The first kappa shape index (κ1) is 56.2. The zero-order chi connectivity index (χ0) is 46.3. The molecule has 0 radical (unpaired) electrons. The maximum absolute atomic E-state index is 14.7. The van der Waals surface area contributed by atoms with E-state index in [1.54, 1.807) is 0 Å². The Labute approximate surface area is 375 Å². The Morgan fingerprint density at radius 1 is 0.516 bits per heavy atom. The van der Waals surface area contributed by atoms with Crippen molar-refractivity contribution in [1.82, 2.24) is 0 Å². The van der Waals surface area contributed by atoms with Gasteiger partial charge in [0.05, 0.1) is 15.6 Å². The van der Waals surface area contributed by atoms with E-state index in [9.17, 15) is 57.8 Å². The number of phenols is 2. The topological polar surface area (TPSA) is 80.9 Å². The second-order valence-corrected chi connectivity index (χ2v) is 16.5. The highest BCUT2D eigenvalue weighted by molar-refractivity contribution is 9.10. The molecular formula is C46H54BBrF12O4. The predicted molar refractivity (Wildman–Crippen MR) is 228 cm³/mol. The van der Waals surface area contributed by atoms with E-state index in [1.807, 2.05) is 0 Å². The van der Waals surface area contributed by atoms with E-state index in [0.717, 1.165) is 76.3 Å². The van der Waals surface area contributed by atoms with Gasteiger partial charge < -0.3 is 20.3 Å². The van der Waals surface area contributed by atoms with Crippen LogP contribution < -0.4 is 5.46 Å². The average Bonchev–Trinajstić information content (AvgIpc) is 3.20. The number of phenolic OH excluding ortho intramolecular Hbond substituents is 2. The van der Waals surface area contributed by atoms with Crippen molar-refractivity contribution in [2.45, 2.75) is 130 Å². The first-order valence-corrected chi connectivity index (χ1v) is 21.0. The molecule has 6 rings (SSSR count). The van der Waals surface area contributed by atoms with Crippen molar-refractivity contribution in [3.8, 4) is 22.6 Å². The van der Waals surface area contributed by atoms with Gasteiger partial charge in [0.15, 0.2) is 46.4 Å². The van der Waals surface area contributed by atoms with Crippen LogP contribution in [0.25, 0.3) is 11.1 Å². The van der Waals surface area contributed by atoms with E-state index in [1.165, 1.54) is 37.1 Å². The summed E-state index contributed by atoms with van der Waals surface area (Å²) in [5, 5.41) is 36.6. The summed E-state index contributed by atoms with van der Waals surface area (Å²) in [5.74, 6) is -9.20. The van der Waals surface area contributed by atoms with Gasteiger partial charge in [0, 0.05) is 16.6 Å². The number of hydrogen-bond donors (Lipinski definition) is 4. The lowest BCUT2D eigenvalue weighted by Crippen LogP contribution is -2.34. The second kappa shape index (κ2) is 24.0. The van der Waals surface area contributed by atoms with Gasteiger partial charge >= 0.3 is 19.5 Å². The van der Waals surface area contributed by atoms with Crippen LogP contribution in [0.3, 0.4) is 0 Å². The smallest absolute Gasteiger partial charge is 0.491 e. The van der Waals surface area contributed by atoms with Gasteiger partial charge in [-0.3, -0.25) is 0 Å². The first-order chi connectivity index (χ1) is 29.0. The molecule has 2 aliphatic rings. The molecule has 2 aliphatic carbocycles. The summed E-state index contributed by atoms with van der Waals surface area (Å²) >= 11 is 2.69. The molecular weight excluding hydrogens is 935 g/mol. The monoisotopic (exact) mass is 988 g/mol. The summed E-state index contributed by atoms with van der Waals surface area (Å²) in [7, 11) is -1.97. The SMILES string of the molecule is C.C.CCCC1CCC(c2ccc(-c3ccc(C(F)(F)F)c(F)c3O)c(F)c2F)CC1.CCCC1CCC(c2ccc(B(O)O)c(F)c2F)CC1.Oc1c(Br)ccc(C(F)(F)F)c1F. The fraction of sp³-hybridized carbons (Fsp3) is 0.478. The highest BCUT2D eigenvalue weighted by Crippen LogP contribution is 2.44. The molecule has 2 saturated carbocycles. The van der Waals surface area contributed by atoms with Crippen molar-refractivity contribution >= 4 is 28.5 Å². The number of hydrogen-bond acceptors (Lipinski definition) is 4. The van der Waals surface area contributed by atoms with E-state index in [-0.39, 0.29) is 36.7 Å². The zero-order valence-electron chi connectivity index (χ0n) is 33.7. The maximum Gasteiger partial charge on any atom is 0.491 e. The van der Waals surface area contributed by atoms with E-state index < -0.39 is 93.6 Å². The van der Waals surface area contributed by atoms with Gasteiger partial charge in [0.25, 0.3) is 0 Å². The van der Waals surface area contributed by atoms with E-state index in [4.69, 9.17) is 15.2 Å². The highest BCUT2D eigenvalue weighted by atomic mass is 79.9. The number of halogens is 13. The molecule has 0 saturated heterocycles. The van der Waals surface area contributed by atoms with Gasteiger partial charge in [0.1, 0.15) is 0 Å². The van der Waals surface area contributed by atoms with Gasteiger partial charge in [-0.2, -0.15) is 26.3 Å². The Balaban J connectivity index is 0.000000351. The number of aromatic hydroxyl groups is 2. The molecule has 2 fully saturated rings. The minimum atomic E-state index is -5.01. The normalized spacial score (nSPS) is 18.6. The van der Waals surface area contributed by atoms with E-state index in [0.29, 0.717) is 29.5 Å². The minimum Gasteiger partial charge on any atom is -0.504 e. The van der Waals surface area contributed by atoms with E-state index >= 15 is 0 Å². The molecule has 0 aliphatic heterocycles. The lowest BCUT2D eigenvalue weighted by atomic mass is 9.74. The molecule has 64 heavy (non-hydrogen) atoms. The lowest BCUT2D eigenvalue weighted by Gasteiger charge is -2.29. The summed E-state index contributed by atoms with van der Waals surface area (Å²) in [6, 6.07) is 7.98. The van der Waals surface area contributed by atoms with Crippen molar-refractivity contribution in [2.75, 3.05) is 0 Å². The standard InChI is InChI=1S/C22H22F6O.C15H21BF2O2.C7H3BrF4O.2CH4/c1-2-3-12-4-6-13(7-5-12)14-8-9-15(19(24)18(14)23)16-10-11-17(22(26,27)28)20(25)21(16)29;1-2-3-10-4-6-11(7-5-10)12-8-9-13(16(19)20)15(18)14(12)17;8-4-2-1-3(7(10,11)12)5(9)6(4)13;;/h8-13,29H,2-7H2,1H3;8-11,19-20H,2-7H2,1H3;1-2,13H;2*1H4. The minimum absolute atomic E-state index is 0. The van der Waals surface area contributed by atoms with Gasteiger partial charge in [-0.25, -0.2) is 26.3 Å². The number of benzene rings is 4. The summed E-state index contributed by atoms with van der Waals surface area (Å²) in [4.78, 5) is 0.